The molecule has 0 amide bonds. The minimum absolute atomic E-state index is 0.597. The Hall–Kier alpha value is -1.15. The Morgan fingerprint density at radius 1 is 1.53 bits per heavy atom. The summed E-state index contributed by atoms with van der Waals surface area (Å²) in [6, 6.07) is 4.20. The molecule has 0 spiro atoms. The number of nitrogens with two attached hydrogens (primary N) is 1. The third-order valence-electron chi connectivity index (χ3n) is 2.31. The molecule has 1 aromatic carbocycles. The van der Waals surface area contributed by atoms with Crippen molar-refractivity contribution in [1.82, 2.24) is 9.62 Å². The van der Waals surface area contributed by atoms with Crippen molar-refractivity contribution in [2.75, 3.05) is 26.4 Å². The van der Waals surface area contributed by atoms with E-state index in [4.69, 9.17) is 12.2 Å². The molecule has 0 atom stereocenters. The maximum Gasteiger partial charge on any atom is 0.0699 e. The molecule has 0 aliphatic heterocycles. The first kappa shape index (κ1) is 13.9. The summed E-state index contributed by atoms with van der Waals surface area (Å²) in [4.78, 5) is 1.06. The van der Waals surface area contributed by atoms with Crippen molar-refractivity contribution in [2.24, 2.45) is 0 Å². The molecule has 3 nitrogen and oxygen atoms in total. The van der Waals surface area contributed by atoms with Crippen LogP contribution in [0, 0.1) is 19.3 Å². The fourth-order valence-corrected chi connectivity index (χ4v) is 2.52. The molecule has 0 saturated carbocycles. The lowest BCUT2D eigenvalue weighted by molar-refractivity contribution is 0.646. The van der Waals surface area contributed by atoms with Crippen LogP contribution >= 0.6 is 11.9 Å². The smallest absolute Gasteiger partial charge is 0.0699 e. The van der Waals surface area contributed by atoms with E-state index in [1.54, 1.807) is 11.9 Å². The van der Waals surface area contributed by atoms with Crippen LogP contribution in [0.2, 0.25) is 0 Å². The number of nitrogens with zero attached hydrogens (tertiary/aromatic N) is 1. The number of terminal acetylenes is 1. The van der Waals surface area contributed by atoms with E-state index < -0.39 is 0 Å². The molecule has 3 N–H and O–H groups in total. The standard InChI is InChI=1S/C13H19N3S/c1-5-6-16(4)17-12-8-10(2)7-11(9-15-3)13(12)14/h1,7-8,15H,6,9,14H2,2-4H3. The molecule has 17 heavy (non-hydrogen) atoms. The summed E-state index contributed by atoms with van der Waals surface area (Å²) < 4.78 is 1.99. The Bertz CT molecular complexity index is 423. The molecule has 4 heteroatoms. The van der Waals surface area contributed by atoms with Gasteiger partial charge >= 0.3 is 0 Å². The van der Waals surface area contributed by atoms with Crippen LogP contribution in [0.5, 0.6) is 0 Å². The summed E-state index contributed by atoms with van der Waals surface area (Å²) in [5.41, 5.74) is 9.31. The monoisotopic (exact) mass is 249 g/mol. The summed E-state index contributed by atoms with van der Waals surface area (Å²) in [6.07, 6.45) is 5.28. The van der Waals surface area contributed by atoms with Gasteiger partial charge in [0.05, 0.1) is 12.2 Å². The van der Waals surface area contributed by atoms with E-state index in [1.807, 2.05) is 18.4 Å². The van der Waals surface area contributed by atoms with Crippen LogP contribution in [0.15, 0.2) is 17.0 Å². The number of nitrogen functional groups attached to an aromatic ring is 1. The van der Waals surface area contributed by atoms with Gasteiger partial charge in [0.1, 0.15) is 0 Å². The molecule has 0 radical (unpaired) electrons. The maximum atomic E-state index is 6.14. The average molecular weight is 249 g/mol. The van der Waals surface area contributed by atoms with Crippen molar-refractivity contribution in [2.45, 2.75) is 18.4 Å². The van der Waals surface area contributed by atoms with Gasteiger partial charge in [-0.2, -0.15) is 0 Å². The number of aryl methyl sites for hydroxylation is 1. The zero-order valence-corrected chi connectivity index (χ0v) is 11.4. The van der Waals surface area contributed by atoms with E-state index in [1.165, 1.54) is 5.56 Å². The highest BCUT2D eigenvalue weighted by Crippen LogP contribution is 2.30. The van der Waals surface area contributed by atoms with Crippen molar-refractivity contribution in [1.29, 1.82) is 0 Å². The quantitative estimate of drug-likeness (QED) is 0.475. The van der Waals surface area contributed by atoms with Crippen LogP contribution in [0.4, 0.5) is 5.69 Å². The second kappa shape index (κ2) is 6.55. The predicted octanol–water partition coefficient (Wildman–Crippen LogP) is 1.87. The minimum atomic E-state index is 0.597. The topological polar surface area (TPSA) is 41.3 Å². The highest BCUT2D eigenvalue weighted by atomic mass is 32.2. The molecule has 0 aromatic heterocycles. The van der Waals surface area contributed by atoms with Gasteiger partial charge in [-0.05, 0) is 50.2 Å². The van der Waals surface area contributed by atoms with E-state index in [2.05, 4.69) is 30.3 Å². The summed E-state index contributed by atoms with van der Waals surface area (Å²) in [5.74, 6) is 2.61. The van der Waals surface area contributed by atoms with Crippen LogP contribution in [0.25, 0.3) is 0 Å². The van der Waals surface area contributed by atoms with E-state index in [-0.39, 0.29) is 0 Å². The fourth-order valence-electron chi connectivity index (χ4n) is 1.58. The van der Waals surface area contributed by atoms with Crippen LogP contribution in [-0.4, -0.2) is 24.9 Å². The summed E-state index contributed by atoms with van der Waals surface area (Å²) in [7, 11) is 3.88. The van der Waals surface area contributed by atoms with E-state index in [0.29, 0.717) is 6.54 Å². The normalized spacial score (nSPS) is 10.5. The molecule has 1 aromatic rings. The lowest BCUT2D eigenvalue weighted by Crippen LogP contribution is -2.12. The molecule has 0 heterocycles. The van der Waals surface area contributed by atoms with Crippen molar-refractivity contribution in [3.8, 4) is 12.3 Å². The lowest BCUT2D eigenvalue weighted by atomic mass is 10.1. The number of hydrogen-bond acceptors (Lipinski definition) is 4. The number of benzene rings is 1. The van der Waals surface area contributed by atoms with Gasteiger partial charge in [0.25, 0.3) is 0 Å². The Morgan fingerprint density at radius 3 is 2.82 bits per heavy atom. The molecule has 0 fully saturated rings. The van der Waals surface area contributed by atoms with Crippen LogP contribution < -0.4 is 11.1 Å². The minimum Gasteiger partial charge on any atom is -0.398 e. The fraction of sp³-hybridized carbons (Fsp3) is 0.385. The second-order valence-corrected chi connectivity index (χ2v) is 5.19. The zero-order valence-electron chi connectivity index (χ0n) is 10.6. The summed E-state index contributed by atoms with van der Waals surface area (Å²) in [6.45, 7) is 3.45. The number of anilines is 1. The molecule has 0 unspecified atom stereocenters. The van der Waals surface area contributed by atoms with Crippen molar-refractivity contribution in [3.63, 3.8) is 0 Å². The first-order valence-electron chi connectivity index (χ1n) is 5.44. The Labute approximate surface area is 108 Å². The molecule has 0 aliphatic rings. The average Bonchev–Trinajstić information content (AvgIpc) is 2.25. The van der Waals surface area contributed by atoms with Gasteiger partial charge in [-0.3, -0.25) is 0 Å². The van der Waals surface area contributed by atoms with Crippen molar-refractivity contribution < 1.29 is 0 Å². The van der Waals surface area contributed by atoms with Crippen LogP contribution in [-0.2, 0) is 6.54 Å². The largest absolute Gasteiger partial charge is 0.398 e. The van der Waals surface area contributed by atoms with Crippen molar-refractivity contribution >= 4 is 17.6 Å². The first-order valence-corrected chi connectivity index (χ1v) is 6.22. The summed E-state index contributed by atoms with van der Waals surface area (Å²) >= 11 is 1.59. The van der Waals surface area contributed by atoms with Crippen LogP contribution in [0.3, 0.4) is 0 Å². The Kier molecular flexibility index (Phi) is 5.36. The highest BCUT2D eigenvalue weighted by Gasteiger charge is 2.09. The Balaban J connectivity index is 2.95. The third-order valence-corrected chi connectivity index (χ3v) is 3.28. The lowest BCUT2D eigenvalue weighted by Gasteiger charge is -2.16. The van der Waals surface area contributed by atoms with Crippen molar-refractivity contribution in [3.05, 3.63) is 23.3 Å². The maximum absolute atomic E-state index is 6.14. The van der Waals surface area contributed by atoms with Gasteiger partial charge in [0.2, 0.25) is 0 Å². The van der Waals surface area contributed by atoms with Gasteiger partial charge in [-0.1, -0.05) is 12.0 Å². The number of rotatable bonds is 5. The predicted molar refractivity (Wildman–Crippen MR) is 75.7 cm³/mol. The van der Waals surface area contributed by atoms with Crippen LogP contribution in [0.1, 0.15) is 11.1 Å². The van der Waals surface area contributed by atoms with Gasteiger partial charge in [0.15, 0.2) is 0 Å². The van der Waals surface area contributed by atoms with E-state index in [0.717, 1.165) is 22.7 Å². The molecular weight excluding hydrogens is 230 g/mol. The first-order chi connectivity index (χ1) is 8.08. The molecule has 0 aliphatic carbocycles. The zero-order chi connectivity index (χ0) is 12.8. The van der Waals surface area contributed by atoms with Gasteiger partial charge in [-0.15, -0.1) is 6.42 Å². The molecule has 1 rings (SSSR count). The molecule has 0 bridgehead atoms. The summed E-state index contributed by atoms with van der Waals surface area (Å²) in [5, 5.41) is 3.12. The molecule has 0 saturated heterocycles. The molecular formula is C13H19N3S. The SMILES string of the molecule is C#CCN(C)Sc1cc(C)cc(CNC)c1N. The molecule has 92 valence electrons. The Morgan fingerprint density at radius 2 is 2.24 bits per heavy atom. The highest BCUT2D eigenvalue weighted by molar-refractivity contribution is 7.97. The second-order valence-electron chi connectivity index (χ2n) is 3.95. The van der Waals surface area contributed by atoms with E-state index >= 15 is 0 Å². The van der Waals surface area contributed by atoms with Gasteiger partial charge < -0.3 is 11.1 Å². The third kappa shape index (κ3) is 3.97. The van der Waals surface area contributed by atoms with Gasteiger partial charge in [0, 0.05) is 11.4 Å². The number of hydrogen-bond donors (Lipinski definition) is 2. The van der Waals surface area contributed by atoms with E-state index in [9.17, 15) is 0 Å². The number of nitrogens with one attached hydrogen (secondary N) is 1. The van der Waals surface area contributed by atoms with Gasteiger partial charge in [-0.25, -0.2) is 4.31 Å².